The zero-order valence-electron chi connectivity index (χ0n) is 43.9. The Balaban J connectivity index is 0.0000110. The van der Waals surface area contributed by atoms with Crippen LogP contribution in [0.25, 0.3) is 0 Å². The molecule has 19 atom stereocenters. The second-order valence-electron chi connectivity index (χ2n) is 21.4. The van der Waals surface area contributed by atoms with Crippen molar-refractivity contribution in [3.8, 4) is 5.75 Å². The zero-order valence-corrected chi connectivity index (χ0v) is 43.9. The molecule has 3 aliphatic heterocycles. The Labute approximate surface area is 422 Å². The zero-order chi connectivity index (χ0) is 51.9. The quantitative estimate of drug-likeness (QED) is 0.144. The molecule has 3 aliphatic rings. The Morgan fingerprint density at radius 3 is 2.30 bits per heavy atom. The highest BCUT2D eigenvalue weighted by atomic mass is 19.1. The van der Waals surface area contributed by atoms with Crippen molar-refractivity contribution in [3.63, 3.8) is 0 Å². The first kappa shape index (κ1) is 60.6. The lowest BCUT2D eigenvalue weighted by Gasteiger charge is -2.49. The van der Waals surface area contributed by atoms with Crippen LogP contribution in [0.15, 0.2) is 36.5 Å². The fraction of sp³-hybridized carbons (Fsp3) is 0.827. The number of carbonyl (C=O) groups is 1. The van der Waals surface area contributed by atoms with E-state index in [9.17, 15) is 34.7 Å². The van der Waals surface area contributed by atoms with Gasteiger partial charge in [0.2, 0.25) is 0 Å². The van der Waals surface area contributed by atoms with Gasteiger partial charge in [-0.25, -0.2) is 9.07 Å². The third kappa shape index (κ3) is 14.9. The molecule has 0 bridgehead atoms. The second kappa shape index (κ2) is 26.0. The number of ether oxygens (including phenoxy) is 7. The van der Waals surface area contributed by atoms with Gasteiger partial charge >= 0.3 is 5.97 Å². The average Bonchev–Trinajstić information content (AvgIpc) is 3.79. The van der Waals surface area contributed by atoms with E-state index in [0.717, 1.165) is 0 Å². The molecule has 5 rings (SSSR count). The number of aromatic nitrogens is 3. The fourth-order valence-electron chi connectivity index (χ4n) is 10.8. The maximum Gasteiger partial charge on any atom is 0.311 e. The molecule has 2 aromatic rings. The third-order valence-corrected chi connectivity index (χ3v) is 15.4. The molecule has 71 heavy (non-hydrogen) atoms. The monoisotopic (exact) mass is 1010 g/mol. The predicted molar refractivity (Wildman–Crippen MR) is 265 cm³/mol. The molecule has 0 aliphatic carbocycles. The lowest BCUT2D eigenvalue weighted by Crippen LogP contribution is -2.61. The Morgan fingerprint density at radius 2 is 1.66 bits per heavy atom. The van der Waals surface area contributed by atoms with Crippen molar-refractivity contribution in [2.45, 2.75) is 212 Å². The van der Waals surface area contributed by atoms with Crippen LogP contribution in [0.2, 0.25) is 0 Å². The summed E-state index contributed by atoms with van der Waals surface area (Å²) in [5.74, 6) is -2.13. The van der Waals surface area contributed by atoms with E-state index in [2.05, 4.69) is 10.3 Å². The summed E-state index contributed by atoms with van der Waals surface area (Å²) in [4.78, 5) is 18.4. The summed E-state index contributed by atoms with van der Waals surface area (Å²) < 4.78 is 59.8. The molecule has 0 saturated carbocycles. The van der Waals surface area contributed by atoms with E-state index >= 15 is 0 Å². The van der Waals surface area contributed by atoms with Crippen molar-refractivity contribution in [3.05, 3.63) is 42.2 Å². The number of benzene rings is 1. The van der Waals surface area contributed by atoms with Crippen molar-refractivity contribution < 1.29 is 67.9 Å². The molecule has 0 amide bonds. The minimum absolute atomic E-state index is 0. The van der Waals surface area contributed by atoms with Crippen molar-refractivity contribution in [2.24, 2.45) is 17.8 Å². The molecular weight excluding hydrogens is 922 g/mol. The van der Waals surface area contributed by atoms with Crippen molar-refractivity contribution in [1.29, 1.82) is 0 Å². The molecule has 18 nitrogen and oxygen atoms in total. The molecule has 3 fully saturated rings. The number of methoxy groups -OCH3 is 1. The number of para-hydroxylation sites is 1. The van der Waals surface area contributed by atoms with Crippen LogP contribution in [0, 0.1) is 17.8 Å². The van der Waals surface area contributed by atoms with Crippen LogP contribution in [0.1, 0.15) is 121 Å². The van der Waals surface area contributed by atoms with Gasteiger partial charge in [-0.1, -0.05) is 51.6 Å². The minimum atomic E-state index is -1.84. The van der Waals surface area contributed by atoms with Crippen LogP contribution in [-0.4, -0.2) is 194 Å². The smallest absolute Gasteiger partial charge is 0.311 e. The highest BCUT2D eigenvalue weighted by Crippen LogP contribution is 2.40. The van der Waals surface area contributed by atoms with Gasteiger partial charge in [0.25, 0.3) is 0 Å². The van der Waals surface area contributed by atoms with Crippen LogP contribution in [0.5, 0.6) is 5.75 Å². The Morgan fingerprint density at radius 1 is 0.986 bits per heavy atom. The van der Waals surface area contributed by atoms with Gasteiger partial charge in [-0.3, -0.25) is 4.79 Å². The summed E-state index contributed by atoms with van der Waals surface area (Å²) in [6.45, 7) is 18.0. The summed E-state index contributed by atoms with van der Waals surface area (Å²) in [6, 6.07) is 7.76. The number of nitrogens with zero attached hydrogens (tertiary/aromatic N) is 5. The fourth-order valence-corrected chi connectivity index (χ4v) is 10.8. The number of aliphatic hydroxyl groups excluding tert-OH is 3. The largest absolute Gasteiger partial charge is 0.494 e. The van der Waals surface area contributed by atoms with Gasteiger partial charge in [0, 0.05) is 63.7 Å². The van der Waals surface area contributed by atoms with Crippen molar-refractivity contribution in [2.75, 3.05) is 47.6 Å². The van der Waals surface area contributed by atoms with E-state index in [-0.39, 0.29) is 38.7 Å². The Hall–Kier alpha value is -2.92. The number of alkyl halides is 1. The standard InChI is InChI=1S/C51H86FN5O13.CH4/c1-14-40-51(10,63)44(59)34(6)56(12)28-30(2)25-49(8,62)46(32(4)43(33(5)47(61)68-40)69-41-26-50(9,64-13)45(60)35(7)67-41)70-48-42(58)39(24-31(3)66-48)55(11)22-20-36-29-57(54-53-36)37(27-52)21-23-65-38-18-16-15-17-19-38;/h15-19,29-35,37,39-46,48,58-60,62-63H,14,20-28H2,1-13H3;1H4/t30-,31-,32+,33-,34-,35+,37+,39+,40-,41+,42-,43+,44-,45+,46-,48+,49-,50-,51-;/m1./s1. The van der Waals surface area contributed by atoms with E-state index in [1.165, 1.54) is 18.7 Å². The van der Waals surface area contributed by atoms with Gasteiger partial charge < -0.3 is 68.5 Å². The highest BCUT2D eigenvalue weighted by molar-refractivity contribution is 5.73. The maximum absolute atomic E-state index is 14.5. The number of aliphatic hydroxyl groups is 5. The number of rotatable bonds is 16. The topological polar surface area (TPSA) is 220 Å². The van der Waals surface area contributed by atoms with Crippen molar-refractivity contribution in [1.82, 2.24) is 24.8 Å². The van der Waals surface area contributed by atoms with Crippen LogP contribution < -0.4 is 4.74 Å². The number of likely N-dealkylation sites (N-methyl/N-ethyl adjacent to an activating group) is 2. The summed E-state index contributed by atoms with van der Waals surface area (Å²) >= 11 is 0. The Kier molecular flexibility index (Phi) is 22.2. The Bertz CT molecular complexity index is 1900. The maximum atomic E-state index is 14.5. The molecule has 1 aromatic heterocycles. The first-order chi connectivity index (χ1) is 32.9. The molecule has 408 valence electrons. The molecule has 0 unspecified atom stereocenters. The average molecular weight is 1010 g/mol. The lowest BCUT2D eigenvalue weighted by atomic mass is 9.77. The predicted octanol–water partition coefficient (Wildman–Crippen LogP) is 4.72. The van der Waals surface area contributed by atoms with Crippen LogP contribution >= 0.6 is 0 Å². The van der Waals surface area contributed by atoms with Gasteiger partial charge in [0.15, 0.2) is 12.6 Å². The second-order valence-corrected chi connectivity index (χ2v) is 21.4. The number of hydrogen-bond donors (Lipinski definition) is 5. The van der Waals surface area contributed by atoms with Crippen LogP contribution in [-0.2, 0) is 39.6 Å². The number of halogens is 1. The SMILES string of the molecule is C.CC[C@H]1OC(=O)[C@H](C)[C@@H](O[C@H]2C[C@@](C)(OC)[C@@H](O)[C@H](C)O2)[C@H](C)[C@@H](O[C@@H]2O[C@H](C)C[C@H](N(C)CCc3cn([C@H](CF)CCOc4ccccc4)nn3)[C@H]2O)[C@](C)(O)C[C@@H](C)CN(C)[C@H](C)[C@@H](O)[C@]1(C)O. The van der Waals surface area contributed by atoms with Crippen molar-refractivity contribution >= 4 is 5.97 Å². The molecule has 0 spiro atoms. The van der Waals surface area contributed by atoms with Gasteiger partial charge in [0.1, 0.15) is 42.4 Å². The third-order valence-electron chi connectivity index (χ3n) is 15.4. The molecule has 3 saturated heterocycles. The van der Waals surface area contributed by atoms with Gasteiger partial charge in [0.05, 0.1) is 59.9 Å². The summed E-state index contributed by atoms with van der Waals surface area (Å²) in [5.41, 5.74) is -3.91. The number of carbonyl (C=O) groups excluding carboxylic acids is 1. The summed E-state index contributed by atoms with van der Waals surface area (Å²) in [5, 5.41) is 68.2. The van der Waals surface area contributed by atoms with E-state index < -0.39 is 115 Å². The first-order valence-electron chi connectivity index (χ1n) is 25.3. The van der Waals surface area contributed by atoms with Crippen LogP contribution in [0.4, 0.5) is 4.39 Å². The summed E-state index contributed by atoms with van der Waals surface area (Å²) in [7, 11) is 5.22. The molecule has 5 N–H and O–H groups in total. The molecule has 19 heteroatoms. The van der Waals surface area contributed by atoms with E-state index in [0.29, 0.717) is 50.4 Å². The van der Waals surface area contributed by atoms with Gasteiger partial charge in [-0.15, -0.1) is 5.10 Å². The highest BCUT2D eigenvalue weighted by Gasteiger charge is 2.53. The van der Waals surface area contributed by atoms with Crippen LogP contribution in [0.3, 0.4) is 0 Å². The molecule has 1 aromatic carbocycles. The van der Waals surface area contributed by atoms with E-state index in [4.69, 9.17) is 33.2 Å². The normalized spacial score (nSPS) is 39.7. The minimum Gasteiger partial charge on any atom is -0.494 e. The molecule has 0 radical (unpaired) electrons. The first-order valence-corrected chi connectivity index (χ1v) is 25.3. The lowest BCUT2D eigenvalue weighted by molar-refractivity contribution is -0.318. The van der Waals surface area contributed by atoms with E-state index in [1.807, 2.05) is 68.1 Å². The van der Waals surface area contributed by atoms with E-state index in [1.54, 1.807) is 54.7 Å². The van der Waals surface area contributed by atoms with Gasteiger partial charge in [-0.2, -0.15) is 0 Å². The number of hydrogen-bond acceptors (Lipinski definition) is 17. The van der Waals surface area contributed by atoms with Gasteiger partial charge in [-0.05, 0) is 99.9 Å². The summed E-state index contributed by atoms with van der Waals surface area (Å²) in [6.07, 6.45) is -6.68. The number of cyclic esters (lactones) is 1. The molecular formula is C52H90FN5O13. The molecule has 4 heterocycles. The number of esters is 1.